The van der Waals surface area contributed by atoms with Crippen molar-refractivity contribution in [3.05, 3.63) is 54.1 Å². The molecule has 0 aliphatic carbocycles. The van der Waals surface area contributed by atoms with Crippen LogP contribution in [0.1, 0.15) is 12.0 Å². The number of nitrogens with one attached hydrogen (secondary N) is 3. The maximum Gasteiger partial charge on any atom is 0.238 e. The number of benzene rings is 2. The number of ether oxygens (including phenoxy) is 1. The van der Waals surface area contributed by atoms with E-state index in [4.69, 9.17) is 15.9 Å². The molecule has 1 atom stereocenters. The van der Waals surface area contributed by atoms with Gasteiger partial charge in [0.05, 0.1) is 6.42 Å². The highest BCUT2D eigenvalue weighted by Gasteiger charge is 2.29. The zero-order chi connectivity index (χ0) is 20.7. The van der Waals surface area contributed by atoms with Crippen LogP contribution in [0.25, 0.3) is 0 Å². The lowest BCUT2D eigenvalue weighted by Crippen LogP contribution is -2.42. The first kappa shape index (κ1) is 20.6. The van der Waals surface area contributed by atoms with Crippen LogP contribution < -0.4 is 21.1 Å². The van der Waals surface area contributed by atoms with Gasteiger partial charge in [-0.1, -0.05) is 17.7 Å². The highest BCUT2D eigenvalue weighted by Crippen LogP contribution is 2.23. The second-order valence-electron chi connectivity index (χ2n) is 6.14. The van der Waals surface area contributed by atoms with E-state index in [0.717, 1.165) is 5.56 Å². The Balaban J connectivity index is 1.94. The minimum atomic E-state index is -1.47. The van der Waals surface area contributed by atoms with E-state index in [1.165, 1.54) is 7.05 Å². The number of rotatable bonds is 8. The van der Waals surface area contributed by atoms with Crippen molar-refractivity contribution in [2.24, 2.45) is 11.7 Å². The van der Waals surface area contributed by atoms with Crippen molar-refractivity contribution in [2.45, 2.75) is 13.3 Å². The molecule has 8 nitrogen and oxygen atoms in total. The summed E-state index contributed by atoms with van der Waals surface area (Å²) in [5.41, 5.74) is 6.39. The minimum absolute atomic E-state index is 0.372. The number of primary amides is 1. The molecule has 0 bridgehead atoms. The summed E-state index contributed by atoms with van der Waals surface area (Å²) in [5, 5.41) is 12.7. The van der Waals surface area contributed by atoms with Gasteiger partial charge >= 0.3 is 0 Å². The van der Waals surface area contributed by atoms with Crippen LogP contribution >= 0.6 is 0 Å². The predicted octanol–water partition coefficient (Wildman–Crippen LogP) is 1.98. The second-order valence-corrected chi connectivity index (χ2v) is 6.14. The molecule has 2 rings (SSSR count). The van der Waals surface area contributed by atoms with E-state index in [9.17, 15) is 14.4 Å². The molecule has 0 heterocycles. The van der Waals surface area contributed by atoms with Gasteiger partial charge in [-0.15, -0.1) is 0 Å². The molecule has 1 unspecified atom stereocenters. The highest BCUT2D eigenvalue weighted by atomic mass is 16.5. The zero-order valence-corrected chi connectivity index (χ0v) is 15.6. The molecular formula is C20H22N4O4. The second kappa shape index (κ2) is 9.31. The molecular weight excluding hydrogens is 360 g/mol. The van der Waals surface area contributed by atoms with Crippen molar-refractivity contribution in [1.29, 1.82) is 5.41 Å². The SMILES string of the molecule is CNC(=O)C(C(=N)CC(=O)Nc1ccc(Oc2ccc(C)cc2)cc1)C(N)=O. The summed E-state index contributed by atoms with van der Waals surface area (Å²) in [6.07, 6.45) is -0.428. The normalized spacial score (nSPS) is 11.2. The molecule has 0 saturated carbocycles. The van der Waals surface area contributed by atoms with E-state index in [1.54, 1.807) is 24.3 Å². The topological polar surface area (TPSA) is 134 Å². The summed E-state index contributed by atoms with van der Waals surface area (Å²) in [6, 6.07) is 14.3. The summed E-state index contributed by atoms with van der Waals surface area (Å²) in [7, 11) is 1.33. The lowest BCUT2D eigenvalue weighted by molar-refractivity contribution is -0.130. The Bertz CT molecular complexity index is 876. The van der Waals surface area contributed by atoms with E-state index in [0.29, 0.717) is 17.2 Å². The molecule has 146 valence electrons. The lowest BCUT2D eigenvalue weighted by Gasteiger charge is -2.13. The van der Waals surface area contributed by atoms with Crippen LogP contribution in [0.2, 0.25) is 0 Å². The Kier molecular flexibility index (Phi) is 6.86. The highest BCUT2D eigenvalue weighted by molar-refractivity contribution is 6.22. The zero-order valence-electron chi connectivity index (χ0n) is 15.6. The molecule has 5 N–H and O–H groups in total. The number of nitrogens with two attached hydrogens (primary N) is 1. The van der Waals surface area contributed by atoms with Crippen LogP contribution in [0.5, 0.6) is 11.5 Å². The van der Waals surface area contributed by atoms with Crippen LogP contribution in [0.4, 0.5) is 5.69 Å². The number of amides is 3. The van der Waals surface area contributed by atoms with Gasteiger partial charge in [0.25, 0.3) is 0 Å². The number of carbonyl (C=O) groups is 3. The van der Waals surface area contributed by atoms with Gasteiger partial charge in [-0.2, -0.15) is 0 Å². The van der Waals surface area contributed by atoms with Gasteiger partial charge in [-0.05, 0) is 43.3 Å². The average Bonchev–Trinajstić information content (AvgIpc) is 2.64. The van der Waals surface area contributed by atoms with Gasteiger partial charge < -0.3 is 26.5 Å². The Labute approximate surface area is 162 Å². The van der Waals surface area contributed by atoms with E-state index in [1.807, 2.05) is 31.2 Å². The summed E-state index contributed by atoms with van der Waals surface area (Å²) in [6.45, 7) is 1.99. The number of carbonyl (C=O) groups excluding carboxylic acids is 3. The number of aryl methyl sites for hydroxylation is 1. The summed E-state index contributed by atoms with van der Waals surface area (Å²) >= 11 is 0. The number of anilines is 1. The molecule has 0 aliphatic heterocycles. The van der Waals surface area contributed by atoms with Crippen LogP contribution in [0, 0.1) is 18.3 Å². The van der Waals surface area contributed by atoms with E-state index >= 15 is 0 Å². The summed E-state index contributed by atoms with van der Waals surface area (Å²) in [4.78, 5) is 35.1. The van der Waals surface area contributed by atoms with Gasteiger partial charge in [0.15, 0.2) is 5.92 Å². The number of hydrogen-bond acceptors (Lipinski definition) is 5. The van der Waals surface area contributed by atoms with E-state index in [2.05, 4.69) is 10.6 Å². The molecule has 2 aromatic carbocycles. The first-order valence-corrected chi connectivity index (χ1v) is 8.53. The molecule has 0 aromatic heterocycles. The Morgan fingerprint density at radius 1 is 1.04 bits per heavy atom. The fraction of sp³-hybridized carbons (Fsp3) is 0.200. The molecule has 0 saturated heterocycles. The van der Waals surface area contributed by atoms with Crippen molar-refractivity contribution in [1.82, 2.24) is 5.32 Å². The molecule has 8 heteroatoms. The number of hydrogen-bond donors (Lipinski definition) is 4. The fourth-order valence-electron chi connectivity index (χ4n) is 2.43. The molecule has 0 aliphatic rings. The third-order valence-corrected chi connectivity index (χ3v) is 3.89. The molecule has 0 fully saturated rings. The van der Waals surface area contributed by atoms with Gasteiger partial charge in [0.1, 0.15) is 11.5 Å². The van der Waals surface area contributed by atoms with Crippen molar-refractivity contribution in [3.8, 4) is 11.5 Å². The monoisotopic (exact) mass is 382 g/mol. The van der Waals surface area contributed by atoms with Gasteiger partial charge in [-0.25, -0.2) is 0 Å². The van der Waals surface area contributed by atoms with E-state index < -0.39 is 30.1 Å². The van der Waals surface area contributed by atoms with Crippen LogP contribution in [0.15, 0.2) is 48.5 Å². The van der Waals surface area contributed by atoms with E-state index in [-0.39, 0.29) is 5.71 Å². The first-order chi connectivity index (χ1) is 13.3. The van der Waals surface area contributed by atoms with Crippen molar-refractivity contribution in [2.75, 3.05) is 12.4 Å². The Hall–Kier alpha value is -3.68. The van der Waals surface area contributed by atoms with Crippen molar-refractivity contribution >= 4 is 29.1 Å². The third-order valence-electron chi connectivity index (χ3n) is 3.89. The third kappa shape index (κ3) is 5.66. The van der Waals surface area contributed by atoms with Crippen LogP contribution in [-0.4, -0.2) is 30.5 Å². The molecule has 28 heavy (non-hydrogen) atoms. The molecule has 3 amide bonds. The predicted molar refractivity (Wildman–Crippen MR) is 105 cm³/mol. The van der Waals surface area contributed by atoms with Gasteiger partial charge in [0, 0.05) is 18.4 Å². The minimum Gasteiger partial charge on any atom is -0.457 e. The Morgan fingerprint density at radius 2 is 1.57 bits per heavy atom. The molecule has 2 aromatic rings. The fourth-order valence-corrected chi connectivity index (χ4v) is 2.43. The maximum absolute atomic E-state index is 12.1. The van der Waals surface area contributed by atoms with Crippen LogP contribution in [-0.2, 0) is 14.4 Å². The smallest absolute Gasteiger partial charge is 0.238 e. The first-order valence-electron chi connectivity index (χ1n) is 8.53. The van der Waals surface area contributed by atoms with Crippen molar-refractivity contribution < 1.29 is 19.1 Å². The quantitative estimate of drug-likeness (QED) is 0.410. The average molecular weight is 382 g/mol. The van der Waals surface area contributed by atoms with Crippen molar-refractivity contribution in [3.63, 3.8) is 0 Å². The largest absolute Gasteiger partial charge is 0.457 e. The lowest BCUT2D eigenvalue weighted by atomic mass is 9.98. The Morgan fingerprint density at radius 3 is 2.07 bits per heavy atom. The van der Waals surface area contributed by atoms with Gasteiger partial charge in [-0.3, -0.25) is 14.4 Å². The van der Waals surface area contributed by atoms with Gasteiger partial charge in [0.2, 0.25) is 17.7 Å². The standard InChI is InChI=1S/C20H22N4O4/c1-12-3-7-14(8-4-12)28-15-9-5-13(6-10-15)24-17(25)11-16(21)18(19(22)26)20(27)23-2/h3-10,18,21H,11H2,1-2H3,(H2,22,26)(H,23,27)(H,24,25). The molecule has 0 radical (unpaired) electrons. The summed E-state index contributed by atoms with van der Waals surface area (Å²) in [5.74, 6) is -2.41. The summed E-state index contributed by atoms with van der Waals surface area (Å²) < 4.78 is 5.71. The maximum atomic E-state index is 12.1. The van der Waals surface area contributed by atoms with Crippen LogP contribution in [0.3, 0.4) is 0 Å². The molecule has 0 spiro atoms.